The van der Waals surface area contributed by atoms with E-state index < -0.39 is 0 Å². The molecule has 1 heterocycles. The number of benzene rings is 2. The minimum atomic E-state index is -0.235. The Hall–Kier alpha value is -3.54. The summed E-state index contributed by atoms with van der Waals surface area (Å²) in [5, 5.41) is 0. The normalized spacial score (nSPS) is 19.3. The molecule has 1 amide bonds. The smallest absolute Gasteiger partial charge is 0.306 e. The summed E-state index contributed by atoms with van der Waals surface area (Å²) in [5.41, 5.74) is 7.75. The van der Waals surface area contributed by atoms with E-state index in [9.17, 15) is 9.59 Å². The Bertz CT molecular complexity index is 1200. The van der Waals surface area contributed by atoms with Crippen LogP contribution in [0, 0.1) is 0 Å². The van der Waals surface area contributed by atoms with Crippen molar-refractivity contribution >= 4 is 18.0 Å². The maximum absolute atomic E-state index is 11.7. The first-order chi connectivity index (χ1) is 16.9. The lowest BCUT2D eigenvalue weighted by molar-refractivity contribution is -0.141. The second-order valence-corrected chi connectivity index (χ2v) is 9.15. The number of amides is 1. The summed E-state index contributed by atoms with van der Waals surface area (Å²) >= 11 is 0. The number of esters is 1. The molecule has 184 valence electrons. The maximum Gasteiger partial charge on any atom is 0.306 e. The summed E-state index contributed by atoms with van der Waals surface area (Å²) < 4.78 is 17.1. The van der Waals surface area contributed by atoms with Crippen molar-refractivity contribution in [3.63, 3.8) is 0 Å². The Morgan fingerprint density at radius 3 is 2.71 bits per heavy atom. The van der Waals surface area contributed by atoms with Crippen LogP contribution in [-0.2, 0) is 20.7 Å². The zero-order valence-corrected chi connectivity index (χ0v) is 21.1. The van der Waals surface area contributed by atoms with Gasteiger partial charge in [-0.25, -0.2) is 0 Å². The predicted octanol–water partition coefficient (Wildman–Crippen LogP) is 5.58. The molecule has 1 aliphatic heterocycles. The quantitative estimate of drug-likeness (QED) is 0.283. The highest BCUT2D eigenvalue weighted by Gasteiger charge is 2.30. The third kappa shape index (κ3) is 4.83. The van der Waals surface area contributed by atoms with Gasteiger partial charge in [0.15, 0.2) is 0 Å². The van der Waals surface area contributed by atoms with E-state index in [0.717, 1.165) is 58.7 Å². The van der Waals surface area contributed by atoms with E-state index in [1.54, 1.807) is 11.9 Å². The molecule has 0 saturated heterocycles. The zero-order valence-electron chi connectivity index (χ0n) is 21.1. The molecular formula is C29H33NO5. The van der Waals surface area contributed by atoms with Crippen LogP contribution >= 0.6 is 0 Å². The van der Waals surface area contributed by atoms with Crippen molar-refractivity contribution in [1.29, 1.82) is 0 Å². The standard InChI is InChI=1S/C29H33NO5/c1-6-18(2)29(19(3)30(4)17-31)25-9-7-8-24-23(25)12-13-26(24)35-21-10-11-22-20(14-28(32)33-5)16-34-27(22)15-21/h6-11,15,17,20,26H,12-14,16H2,1-5H3/b18-6-,29-19+/t20-,26-/m1/s1. The van der Waals surface area contributed by atoms with E-state index >= 15 is 0 Å². The first-order valence-corrected chi connectivity index (χ1v) is 12.0. The van der Waals surface area contributed by atoms with Gasteiger partial charge in [0.2, 0.25) is 6.41 Å². The maximum atomic E-state index is 11.7. The summed E-state index contributed by atoms with van der Waals surface area (Å²) in [6, 6.07) is 12.2. The van der Waals surface area contributed by atoms with Crippen molar-refractivity contribution in [2.75, 3.05) is 20.8 Å². The topological polar surface area (TPSA) is 65.1 Å². The van der Waals surface area contributed by atoms with Crippen molar-refractivity contribution in [1.82, 2.24) is 4.90 Å². The van der Waals surface area contributed by atoms with Crippen LogP contribution < -0.4 is 9.47 Å². The number of rotatable bonds is 8. The minimum absolute atomic E-state index is 0.00840. The van der Waals surface area contributed by atoms with E-state index in [4.69, 9.17) is 14.2 Å². The summed E-state index contributed by atoms with van der Waals surface area (Å²) in [6.45, 7) is 6.55. The third-order valence-corrected chi connectivity index (χ3v) is 7.15. The van der Waals surface area contributed by atoms with Gasteiger partial charge in [0, 0.05) is 35.9 Å². The Morgan fingerprint density at radius 2 is 2.00 bits per heavy atom. The number of carbonyl (C=O) groups is 2. The van der Waals surface area contributed by atoms with Gasteiger partial charge in [0.25, 0.3) is 0 Å². The number of ether oxygens (including phenoxy) is 3. The third-order valence-electron chi connectivity index (χ3n) is 7.15. The average Bonchev–Trinajstić information content (AvgIpc) is 3.47. The van der Waals surface area contributed by atoms with Gasteiger partial charge in [-0.2, -0.15) is 0 Å². The average molecular weight is 476 g/mol. The van der Waals surface area contributed by atoms with Crippen LogP contribution in [0.5, 0.6) is 11.5 Å². The van der Waals surface area contributed by atoms with Crippen LogP contribution in [0.15, 0.2) is 53.7 Å². The van der Waals surface area contributed by atoms with E-state index in [1.165, 1.54) is 18.2 Å². The number of carbonyl (C=O) groups excluding carboxylic acids is 2. The number of allylic oxidation sites excluding steroid dienone is 4. The molecule has 6 heteroatoms. The second-order valence-electron chi connectivity index (χ2n) is 9.15. The van der Waals surface area contributed by atoms with Crippen molar-refractivity contribution in [2.24, 2.45) is 0 Å². The highest BCUT2D eigenvalue weighted by molar-refractivity contribution is 5.84. The molecule has 0 unspecified atom stereocenters. The van der Waals surface area contributed by atoms with Gasteiger partial charge in [-0.15, -0.1) is 0 Å². The van der Waals surface area contributed by atoms with Gasteiger partial charge < -0.3 is 19.1 Å². The van der Waals surface area contributed by atoms with Crippen LogP contribution in [0.2, 0.25) is 0 Å². The summed E-state index contributed by atoms with van der Waals surface area (Å²) in [5.74, 6) is 1.29. The van der Waals surface area contributed by atoms with E-state index in [1.807, 2.05) is 32.0 Å². The number of nitrogens with zero attached hydrogens (tertiary/aromatic N) is 1. The van der Waals surface area contributed by atoms with Crippen LogP contribution in [0.25, 0.3) is 5.57 Å². The monoisotopic (exact) mass is 475 g/mol. The Balaban J connectivity index is 1.61. The molecule has 2 atom stereocenters. The minimum Gasteiger partial charge on any atom is -0.492 e. The lowest BCUT2D eigenvalue weighted by Crippen LogP contribution is -2.15. The van der Waals surface area contributed by atoms with Gasteiger partial charge in [-0.3, -0.25) is 9.59 Å². The largest absolute Gasteiger partial charge is 0.492 e. The fourth-order valence-corrected chi connectivity index (χ4v) is 5.01. The predicted molar refractivity (Wildman–Crippen MR) is 135 cm³/mol. The fourth-order valence-electron chi connectivity index (χ4n) is 5.01. The van der Waals surface area contributed by atoms with Gasteiger partial charge in [-0.1, -0.05) is 30.3 Å². The molecule has 0 aromatic heterocycles. The molecular weight excluding hydrogens is 442 g/mol. The molecule has 4 rings (SSSR count). The fraction of sp³-hybridized carbons (Fsp3) is 0.379. The molecule has 0 radical (unpaired) electrons. The zero-order chi connectivity index (χ0) is 25.1. The van der Waals surface area contributed by atoms with Crippen molar-refractivity contribution in [2.45, 2.75) is 52.1 Å². The second kappa shape index (κ2) is 10.4. The Labute approximate surface area is 207 Å². The molecule has 2 aromatic rings. The van der Waals surface area contributed by atoms with Crippen molar-refractivity contribution < 1.29 is 23.8 Å². The molecule has 0 spiro atoms. The number of fused-ring (bicyclic) bond motifs is 2. The first-order valence-electron chi connectivity index (χ1n) is 12.0. The Kier molecular flexibility index (Phi) is 7.29. The molecule has 0 bridgehead atoms. The molecule has 0 saturated carbocycles. The number of hydrogen-bond acceptors (Lipinski definition) is 5. The molecule has 1 aliphatic carbocycles. The van der Waals surface area contributed by atoms with Crippen molar-refractivity contribution in [3.8, 4) is 11.5 Å². The highest BCUT2D eigenvalue weighted by Crippen LogP contribution is 2.43. The van der Waals surface area contributed by atoms with Crippen molar-refractivity contribution in [3.05, 3.63) is 76.0 Å². The molecule has 6 nitrogen and oxygen atoms in total. The molecule has 35 heavy (non-hydrogen) atoms. The van der Waals surface area contributed by atoms with Gasteiger partial charge in [-0.05, 0) is 61.9 Å². The first kappa shape index (κ1) is 24.6. The van der Waals surface area contributed by atoms with E-state index in [0.29, 0.717) is 13.0 Å². The molecule has 2 aliphatic rings. The van der Waals surface area contributed by atoms with E-state index in [-0.39, 0.29) is 18.0 Å². The van der Waals surface area contributed by atoms with Gasteiger partial charge in [0.05, 0.1) is 20.1 Å². The summed E-state index contributed by atoms with van der Waals surface area (Å²) in [6.07, 6.45) is 4.95. The molecule has 0 N–H and O–H groups in total. The van der Waals surface area contributed by atoms with Crippen LogP contribution in [0.1, 0.15) is 67.9 Å². The SMILES string of the molecule is C/C=C(C)\C(=C(\C)N(C)C=O)c1cccc2c1CC[C@H]2Oc1ccc2c(c1)OC[C@H]2CC(=O)OC. The van der Waals surface area contributed by atoms with Crippen LogP contribution in [-0.4, -0.2) is 38.0 Å². The van der Waals surface area contributed by atoms with Crippen LogP contribution in [0.4, 0.5) is 0 Å². The lowest BCUT2D eigenvalue weighted by atomic mass is 9.90. The molecule has 0 fully saturated rings. The van der Waals surface area contributed by atoms with Gasteiger partial charge >= 0.3 is 5.97 Å². The summed E-state index contributed by atoms with van der Waals surface area (Å²) in [7, 11) is 3.19. The molecule has 2 aromatic carbocycles. The highest BCUT2D eigenvalue weighted by atomic mass is 16.5. The number of hydrogen-bond donors (Lipinski definition) is 0. The van der Waals surface area contributed by atoms with Gasteiger partial charge in [0.1, 0.15) is 17.6 Å². The Morgan fingerprint density at radius 1 is 1.20 bits per heavy atom. The van der Waals surface area contributed by atoms with Crippen LogP contribution in [0.3, 0.4) is 0 Å². The number of methoxy groups -OCH3 is 1. The lowest BCUT2D eigenvalue weighted by Gasteiger charge is -2.21. The summed E-state index contributed by atoms with van der Waals surface area (Å²) in [4.78, 5) is 24.8. The van der Waals surface area contributed by atoms with E-state index in [2.05, 4.69) is 31.2 Å².